The molecular weight excluding hydrogens is 316 g/mol. The molecule has 1 atom stereocenters. The van der Waals surface area contributed by atoms with Crippen LogP contribution in [-0.4, -0.2) is 44.4 Å². The molecule has 1 saturated heterocycles. The van der Waals surface area contributed by atoms with Gasteiger partial charge in [0.1, 0.15) is 0 Å². The third-order valence-electron chi connectivity index (χ3n) is 4.05. The van der Waals surface area contributed by atoms with Gasteiger partial charge >= 0.3 is 6.09 Å². The molecule has 1 heterocycles. The van der Waals surface area contributed by atoms with E-state index in [1.54, 1.807) is 11.8 Å². The number of likely N-dealkylation sites (tertiary alicyclic amines) is 1. The molecule has 128 valence electrons. The fourth-order valence-corrected chi connectivity index (χ4v) is 4.37. The molecule has 0 radical (unpaired) electrons. The average molecular weight is 340 g/mol. The average Bonchev–Trinajstić information content (AvgIpc) is 2.55. The Kier molecular flexibility index (Phi) is 6.01. The largest absolute Gasteiger partial charge is 0.450 e. The maximum atomic E-state index is 12.5. The van der Waals surface area contributed by atoms with E-state index >= 15 is 0 Å². The van der Waals surface area contributed by atoms with Crippen molar-refractivity contribution in [2.45, 2.75) is 38.0 Å². The van der Waals surface area contributed by atoms with Gasteiger partial charge in [-0.25, -0.2) is 17.9 Å². The van der Waals surface area contributed by atoms with E-state index < -0.39 is 15.3 Å². The van der Waals surface area contributed by atoms with Gasteiger partial charge in [-0.2, -0.15) is 0 Å². The minimum Gasteiger partial charge on any atom is -0.450 e. The summed E-state index contributed by atoms with van der Waals surface area (Å²) in [5.74, 6) is 0. The van der Waals surface area contributed by atoms with Crippen molar-refractivity contribution >= 4 is 16.1 Å². The Morgan fingerprint density at radius 3 is 2.48 bits per heavy atom. The van der Waals surface area contributed by atoms with Crippen molar-refractivity contribution in [3.63, 3.8) is 0 Å². The van der Waals surface area contributed by atoms with Crippen LogP contribution in [-0.2, 0) is 14.8 Å². The lowest BCUT2D eigenvalue weighted by Gasteiger charge is -2.31. The molecule has 0 bridgehead atoms. The van der Waals surface area contributed by atoms with Gasteiger partial charge in [0.2, 0.25) is 10.0 Å². The zero-order valence-corrected chi connectivity index (χ0v) is 14.4. The highest BCUT2D eigenvalue weighted by atomic mass is 32.2. The zero-order chi connectivity index (χ0) is 16.9. The molecule has 0 aliphatic carbocycles. The Bertz CT molecular complexity index is 610. The molecule has 1 aromatic rings. The third kappa shape index (κ3) is 4.68. The molecule has 0 saturated carbocycles. The summed E-state index contributed by atoms with van der Waals surface area (Å²) in [7, 11) is -3.42. The van der Waals surface area contributed by atoms with Crippen LogP contribution in [0.4, 0.5) is 4.79 Å². The molecule has 1 fully saturated rings. The minimum atomic E-state index is -3.42. The number of nitrogens with one attached hydrogen (secondary N) is 1. The van der Waals surface area contributed by atoms with Gasteiger partial charge in [-0.05, 0) is 32.3 Å². The highest BCUT2D eigenvalue weighted by Gasteiger charge is 2.32. The topological polar surface area (TPSA) is 75.7 Å². The molecule has 1 amide bonds. The van der Waals surface area contributed by atoms with E-state index in [4.69, 9.17) is 4.74 Å². The van der Waals surface area contributed by atoms with Gasteiger partial charge in [-0.1, -0.05) is 30.3 Å². The molecule has 1 N–H and O–H groups in total. The first kappa shape index (κ1) is 17.7. The summed E-state index contributed by atoms with van der Waals surface area (Å²) >= 11 is 0. The van der Waals surface area contributed by atoms with Gasteiger partial charge in [0.05, 0.1) is 11.9 Å². The van der Waals surface area contributed by atoms with Gasteiger partial charge < -0.3 is 9.64 Å². The number of amides is 1. The molecule has 0 unspecified atom stereocenters. The Balaban J connectivity index is 1.93. The summed E-state index contributed by atoms with van der Waals surface area (Å²) in [6.07, 6.45) is 0.486. The number of piperidine rings is 1. The Morgan fingerprint density at radius 1 is 1.30 bits per heavy atom. The van der Waals surface area contributed by atoms with Crippen molar-refractivity contribution in [2.75, 3.05) is 19.7 Å². The van der Waals surface area contributed by atoms with Crippen LogP contribution < -0.4 is 4.72 Å². The summed E-state index contributed by atoms with van der Waals surface area (Å²) in [4.78, 5) is 13.2. The molecule has 1 aliphatic rings. The zero-order valence-electron chi connectivity index (χ0n) is 13.6. The summed E-state index contributed by atoms with van der Waals surface area (Å²) in [6, 6.07) is 9.20. The molecule has 1 aliphatic heterocycles. The normalized spacial score (nSPS) is 17.7. The monoisotopic (exact) mass is 340 g/mol. The Hall–Kier alpha value is -1.60. The highest BCUT2D eigenvalue weighted by Crippen LogP contribution is 2.21. The second-order valence-corrected chi connectivity index (χ2v) is 7.67. The van der Waals surface area contributed by atoms with Crippen molar-refractivity contribution in [3.05, 3.63) is 35.9 Å². The van der Waals surface area contributed by atoms with Gasteiger partial charge in [-0.15, -0.1) is 0 Å². The standard InChI is InChI=1S/C16H24N2O4S/c1-3-22-16(19)18-11-9-15(10-12-18)23(20,21)17-13(2)14-7-5-4-6-8-14/h4-8,13,15,17H,3,9-12H2,1-2H3/t13-/m1/s1. The lowest BCUT2D eigenvalue weighted by molar-refractivity contribution is 0.1000. The number of sulfonamides is 1. The number of benzene rings is 1. The van der Waals surface area contributed by atoms with E-state index in [0.29, 0.717) is 32.5 Å². The van der Waals surface area contributed by atoms with Gasteiger partial charge in [0.25, 0.3) is 0 Å². The number of carbonyl (C=O) groups is 1. The van der Waals surface area contributed by atoms with Crippen LogP contribution in [0.25, 0.3) is 0 Å². The molecule has 1 aromatic carbocycles. The van der Waals surface area contributed by atoms with Gasteiger partial charge in [-0.3, -0.25) is 0 Å². The van der Waals surface area contributed by atoms with Crippen molar-refractivity contribution in [2.24, 2.45) is 0 Å². The molecule has 7 heteroatoms. The lowest BCUT2D eigenvalue weighted by Crippen LogP contribution is -2.46. The van der Waals surface area contributed by atoms with Crippen LogP contribution >= 0.6 is 0 Å². The van der Waals surface area contributed by atoms with E-state index in [1.807, 2.05) is 37.3 Å². The first-order valence-electron chi connectivity index (χ1n) is 7.92. The van der Waals surface area contributed by atoms with Crippen LogP contribution in [0.1, 0.15) is 38.3 Å². The van der Waals surface area contributed by atoms with Crippen LogP contribution in [0, 0.1) is 0 Å². The first-order chi connectivity index (χ1) is 10.9. The maximum Gasteiger partial charge on any atom is 0.409 e. The van der Waals surface area contributed by atoms with Crippen molar-refractivity contribution < 1.29 is 17.9 Å². The number of nitrogens with zero attached hydrogens (tertiary/aromatic N) is 1. The number of ether oxygens (including phenoxy) is 1. The minimum absolute atomic E-state index is 0.274. The predicted octanol–water partition coefficient (Wildman–Crippen LogP) is 2.29. The fourth-order valence-electron chi connectivity index (χ4n) is 2.72. The Morgan fingerprint density at radius 2 is 1.91 bits per heavy atom. The summed E-state index contributed by atoms with van der Waals surface area (Å²) in [5, 5.41) is -0.473. The van der Waals surface area contributed by atoms with Crippen molar-refractivity contribution in [1.82, 2.24) is 9.62 Å². The van der Waals surface area contributed by atoms with E-state index in [-0.39, 0.29) is 12.1 Å². The Labute approximate surface area is 137 Å². The fraction of sp³-hybridized carbons (Fsp3) is 0.562. The van der Waals surface area contributed by atoms with Crippen LogP contribution in [0.5, 0.6) is 0 Å². The van der Waals surface area contributed by atoms with Crippen LogP contribution in [0.3, 0.4) is 0 Å². The van der Waals surface area contributed by atoms with Gasteiger partial charge in [0, 0.05) is 19.1 Å². The number of carbonyl (C=O) groups excluding carboxylic acids is 1. The smallest absolute Gasteiger partial charge is 0.409 e. The predicted molar refractivity (Wildman–Crippen MR) is 88.5 cm³/mol. The number of rotatable bonds is 5. The molecule has 23 heavy (non-hydrogen) atoms. The van der Waals surface area contributed by atoms with Crippen molar-refractivity contribution in [1.29, 1.82) is 0 Å². The highest BCUT2D eigenvalue weighted by molar-refractivity contribution is 7.90. The third-order valence-corrected chi connectivity index (χ3v) is 6.08. The summed E-state index contributed by atoms with van der Waals surface area (Å²) < 4.78 is 32.7. The van der Waals surface area contributed by atoms with E-state index in [2.05, 4.69) is 4.72 Å². The quantitative estimate of drug-likeness (QED) is 0.892. The van der Waals surface area contributed by atoms with Crippen molar-refractivity contribution in [3.8, 4) is 0 Å². The lowest BCUT2D eigenvalue weighted by atomic mass is 10.1. The first-order valence-corrected chi connectivity index (χ1v) is 9.46. The van der Waals surface area contributed by atoms with E-state index in [1.165, 1.54) is 0 Å². The second kappa shape index (κ2) is 7.79. The SMILES string of the molecule is CCOC(=O)N1CCC(S(=O)(=O)N[C@H](C)c2ccccc2)CC1. The molecule has 2 rings (SSSR count). The number of hydrogen-bond donors (Lipinski definition) is 1. The molecule has 0 aromatic heterocycles. The molecular formula is C16H24N2O4S. The van der Waals surface area contributed by atoms with Crippen LogP contribution in [0.15, 0.2) is 30.3 Å². The molecule has 0 spiro atoms. The van der Waals surface area contributed by atoms with E-state index in [9.17, 15) is 13.2 Å². The second-order valence-electron chi connectivity index (χ2n) is 5.68. The number of hydrogen-bond acceptors (Lipinski definition) is 4. The summed E-state index contributed by atoms with van der Waals surface area (Å²) in [6.45, 7) is 4.73. The maximum absolute atomic E-state index is 12.5. The summed E-state index contributed by atoms with van der Waals surface area (Å²) in [5.41, 5.74) is 0.931. The van der Waals surface area contributed by atoms with Gasteiger partial charge in [0.15, 0.2) is 0 Å². The van der Waals surface area contributed by atoms with E-state index in [0.717, 1.165) is 5.56 Å². The van der Waals surface area contributed by atoms with Crippen LogP contribution in [0.2, 0.25) is 0 Å². The molecule has 6 nitrogen and oxygen atoms in total.